The number of ether oxygens (including phenoxy) is 2. The molecule has 20 heavy (non-hydrogen) atoms. The second-order valence-corrected chi connectivity index (χ2v) is 5.23. The lowest BCUT2D eigenvalue weighted by molar-refractivity contribution is -0.177. The average molecular weight is 292 g/mol. The van der Waals surface area contributed by atoms with E-state index in [0.29, 0.717) is 0 Å². The van der Waals surface area contributed by atoms with Crippen molar-refractivity contribution in [3.8, 4) is 0 Å². The molecule has 4 nitrogen and oxygen atoms in total. The molecule has 0 N–H and O–H groups in total. The Hall–Kier alpha value is -1.20. The van der Waals surface area contributed by atoms with Crippen molar-refractivity contribution < 1.29 is 27.8 Å². The lowest BCUT2D eigenvalue weighted by Gasteiger charge is -2.36. The number of rotatable bonds is 7. The summed E-state index contributed by atoms with van der Waals surface area (Å²) < 4.78 is 33.5. The van der Waals surface area contributed by atoms with Gasteiger partial charge >= 0.3 is 18.4 Å². The van der Waals surface area contributed by atoms with Gasteiger partial charge in [0.2, 0.25) is 0 Å². The second-order valence-electron chi connectivity index (χ2n) is 5.23. The van der Waals surface area contributed by atoms with Crippen molar-refractivity contribution in [1.29, 1.82) is 0 Å². The molecular weight excluding hydrogens is 270 g/mol. The molecule has 1 saturated carbocycles. The Bertz CT molecular complexity index is 325. The van der Waals surface area contributed by atoms with E-state index in [-0.39, 0.29) is 0 Å². The summed E-state index contributed by atoms with van der Waals surface area (Å²) in [7, 11) is 0. The van der Waals surface area contributed by atoms with Crippen molar-refractivity contribution in [2.24, 2.45) is 0 Å². The Morgan fingerprint density at radius 1 is 1.20 bits per heavy atom. The smallest absolute Gasteiger partial charge is 0.374 e. The largest absolute Gasteiger partial charge is 0.457 e. The summed E-state index contributed by atoms with van der Waals surface area (Å²) in [5, 5.41) is 0. The quantitative estimate of drug-likeness (QED) is 0.676. The van der Waals surface area contributed by atoms with E-state index in [0.717, 1.165) is 51.4 Å². The van der Waals surface area contributed by atoms with Crippen LogP contribution in [0.2, 0.25) is 0 Å². The maximum Gasteiger partial charge on any atom is 0.374 e. The molecule has 0 aliphatic heterocycles. The number of carbonyl (C=O) groups excluding carboxylic acids is 2. The van der Waals surface area contributed by atoms with Gasteiger partial charge in [-0.05, 0) is 38.5 Å². The minimum atomic E-state index is -3.22. The zero-order chi connectivity index (χ0) is 15.0. The molecule has 0 unspecified atom stereocenters. The Balaban J connectivity index is 2.47. The molecule has 6 heteroatoms. The Morgan fingerprint density at radius 3 is 2.40 bits per heavy atom. The van der Waals surface area contributed by atoms with Crippen molar-refractivity contribution in [1.82, 2.24) is 0 Å². The zero-order valence-electron chi connectivity index (χ0n) is 11.8. The van der Waals surface area contributed by atoms with Gasteiger partial charge in [0.1, 0.15) is 5.60 Å². The fraction of sp³-hybridized carbons (Fsp3) is 0.857. The average Bonchev–Trinajstić information content (AvgIpc) is 2.43. The van der Waals surface area contributed by atoms with Crippen LogP contribution in [0.4, 0.5) is 8.78 Å². The molecule has 0 atom stereocenters. The molecule has 0 saturated heterocycles. The van der Waals surface area contributed by atoms with Gasteiger partial charge in [-0.3, -0.25) is 0 Å². The van der Waals surface area contributed by atoms with Crippen LogP contribution in [0.25, 0.3) is 0 Å². The first-order valence-electron chi connectivity index (χ1n) is 7.16. The molecule has 1 rings (SSSR count). The predicted molar refractivity (Wildman–Crippen MR) is 68.4 cm³/mol. The van der Waals surface area contributed by atoms with E-state index >= 15 is 0 Å². The third kappa shape index (κ3) is 5.43. The SMILES string of the molecule is CCCCC1(OC(=O)COC(=O)C(F)F)CCCCC1. The minimum absolute atomic E-state index is 0.497. The van der Waals surface area contributed by atoms with Crippen molar-refractivity contribution in [2.45, 2.75) is 70.3 Å². The topological polar surface area (TPSA) is 52.6 Å². The van der Waals surface area contributed by atoms with Crippen LogP contribution < -0.4 is 0 Å². The van der Waals surface area contributed by atoms with Gasteiger partial charge in [-0.25, -0.2) is 9.59 Å². The van der Waals surface area contributed by atoms with Crippen LogP contribution in [0, 0.1) is 0 Å². The predicted octanol–water partition coefficient (Wildman–Crippen LogP) is 3.23. The van der Waals surface area contributed by atoms with Crippen LogP contribution in [0.5, 0.6) is 0 Å². The molecule has 116 valence electrons. The highest BCUT2D eigenvalue weighted by atomic mass is 19.3. The van der Waals surface area contributed by atoms with Crippen molar-refractivity contribution in [3.05, 3.63) is 0 Å². The number of halogens is 2. The highest BCUT2D eigenvalue weighted by Gasteiger charge is 2.35. The normalized spacial score (nSPS) is 17.8. The van der Waals surface area contributed by atoms with Crippen LogP contribution in [0.1, 0.15) is 58.3 Å². The van der Waals surface area contributed by atoms with E-state index in [1.54, 1.807) is 0 Å². The van der Waals surface area contributed by atoms with Gasteiger partial charge < -0.3 is 9.47 Å². The molecule has 1 aliphatic rings. The highest BCUT2D eigenvalue weighted by Crippen LogP contribution is 2.36. The van der Waals surface area contributed by atoms with Crippen LogP contribution in [0.15, 0.2) is 0 Å². The maximum atomic E-state index is 12.0. The van der Waals surface area contributed by atoms with Crippen molar-refractivity contribution in [2.75, 3.05) is 6.61 Å². The summed E-state index contributed by atoms with van der Waals surface area (Å²) in [6.07, 6.45) is 4.20. The molecule has 0 amide bonds. The van der Waals surface area contributed by atoms with E-state index in [1.165, 1.54) is 0 Å². The van der Waals surface area contributed by atoms with Gasteiger partial charge in [0.25, 0.3) is 0 Å². The molecule has 1 fully saturated rings. The third-order valence-electron chi connectivity index (χ3n) is 3.59. The maximum absolute atomic E-state index is 12.0. The lowest BCUT2D eigenvalue weighted by Crippen LogP contribution is -2.38. The third-order valence-corrected chi connectivity index (χ3v) is 3.59. The molecule has 0 aromatic carbocycles. The van der Waals surface area contributed by atoms with E-state index in [4.69, 9.17) is 4.74 Å². The molecule has 0 spiro atoms. The van der Waals surface area contributed by atoms with E-state index in [9.17, 15) is 18.4 Å². The first-order chi connectivity index (χ1) is 9.49. The first-order valence-corrected chi connectivity index (χ1v) is 7.16. The zero-order valence-corrected chi connectivity index (χ0v) is 11.8. The van der Waals surface area contributed by atoms with Gasteiger partial charge in [-0.2, -0.15) is 8.78 Å². The van der Waals surface area contributed by atoms with Crippen molar-refractivity contribution in [3.63, 3.8) is 0 Å². The fourth-order valence-corrected chi connectivity index (χ4v) is 2.56. The molecule has 0 bridgehead atoms. The second kappa shape index (κ2) is 8.17. The van der Waals surface area contributed by atoms with Crippen LogP contribution in [0.3, 0.4) is 0 Å². The summed E-state index contributed by atoms with van der Waals surface area (Å²) in [5.74, 6) is -2.43. The fourth-order valence-electron chi connectivity index (χ4n) is 2.56. The monoisotopic (exact) mass is 292 g/mol. The Kier molecular flexibility index (Phi) is 6.88. The number of alkyl halides is 2. The van der Waals surface area contributed by atoms with E-state index in [2.05, 4.69) is 11.7 Å². The Labute approximate surface area is 117 Å². The van der Waals surface area contributed by atoms with E-state index in [1.807, 2.05) is 0 Å². The van der Waals surface area contributed by atoms with Crippen LogP contribution in [-0.2, 0) is 19.1 Å². The molecule has 0 aromatic rings. The summed E-state index contributed by atoms with van der Waals surface area (Å²) in [5.41, 5.74) is -0.497. The van der Waals surface area contributed by atoms with Gasteiger partial charge in [0.15, 0.2) is 6.61 Å². The number of carbonyl (C=O) groups is 2. The summed E-state index contributed by atoms with van der Waals surface area (Å²) >= 11 is 0. The van der Waals surface area contributed by atoms with Gasteiger partial charge in [0.05, 0.1) is 0 Å². The van der Waals surface area contributed by atoms with Crippen LogP contribution in [-0.4, -0.2) is 30.6 Å². The molecule has 0 aromatic heterocycles. The molecular formula is C14H22F2O4. The standard InChI is InChI=1S/C14H22F2O4/c1-2-3-7-14(8-5-4-6-9-14)20-11(17)10-19-13(18)12(15)16/h12H,2-10H2,1H3. The van der Waals surface area contributed by atoms with Gasteiger partial charge in [0, 0.05) is 0 Å². The Morgan fingerprint density at radius 2 is 1.85 bits per heavy atom. The molecule has 0 radical (unpaired) electrons. The summed E-state index contributed by atoms with van der Waals surface area (Å²) in [4.78, 5) is 22.3. The summed E-state index contributed by atoms with van der Waals surface area (Å²) in [6, 6.07) is 0. The molecule has 0 heterocycles. The summed E-state index contributed by atoms with van der Waals surface area (Å²) in [6.45, 7) is 1.32. The number of hydrogen-bond acceptors (Lipinski definition) is 4. The van der Waals surface area contributed by atoms with Gasteiger partial charge in [-0.1, -0.05) is 19.8 Å². The van der Waals surface area contributed by atoms with E-state index < -0.39 is 30.6 Å². The number of unbranched alkanes of at least 4 members (excludes halogenated alkanes) is 1. The number of hydrogen-bond donors (Lipinski definition) is 0. The first kappa shape index (κ1) is 16.9. The minimum Gasteiger partial charge on any atom is -0.457 e. The van der Waals surface area contributed by atoms with Gasteiger partial charge in [-0.15, -0.1) is 0 Å². The number of esters is 2. The lowest BCUT2D eigenvalue weighted by atomic mass is 9.81. The highest BCUT2D eigenvalue weighted by molar-refractivity contribution is 5.78. The van der Waals surface area contributed by atoms with Crippen LogP contribution >= 0.6 is 0 Å². The van der Waals surface area contributed by atoms with Crippen molar-refractivity contribution >= 4 is 11.9 Å². The molecule has 1 aliphatic carbocycles.